The van der Waals surface area contributed by atoms with E-state index in [1.807, 2.05) is 25.3 Å². The van der Waals surface area contributed by atoms with Crippen molar-refractivity contribution in [1.82, 2.24) is 9.38 Å². The molecule has 0 saturated carbocycles. The maximum Gasteiger partial charge on any atom is 0.275 e. The first-order chi connectivity index (χ1) is 14.9. The van der Waals surface area contributed by atoms with Gasteiger partial charge in [0, 0.05) is 23.6 Å². The van der Waals surface area contributed by atoms with Crippen molar-refractivity contribution in [3.63, 3.8) is 0 Å². The number of ether oxygens (including phenoxy) is 1. The smallest absolute Gasteiger partial charge is 0.275 e. The molecule has 2 aromatic heterocycles. The Bertz CT molecular complexity index is 1300. The SMILES string of the molecule is COc1ccc(NC(=O)c2cn3ccc(C)cc3n2)cc1NC(=O)c1cccc(F)c1. The zero-order chi connectivity index (χ0) is 22.0. The predicted molar refractivity (Wildman–Crippen MR) is 115 cm³/mol. The van der Waals surface area contributed by atoms with E-state index in [4.69, 9.17) is 4.74 Å². The third kappa shape index (κ3) is 4.37. The van der Waals surface area contributed by atoms with Gasteiger partial charge in [-0.3, -0.25) is 9.59 Å². The zero-order valence-corrected chi connectivity index (χ0v) is 16.8. The van der Waals surface area contributed by atoms with Crippen LogP contribution in [0.1, 0.15) is 26.4 Å². The number of benzene rings is 2. The quantitative estimate of drug-likeness (QED) is 0.506. The van der Waals surface area contributed by atoms with Crippen molar-refractivity contribution in [2.24, 2.45) is 0 Å². The van der Waals surface area contributed by atoms with Gasteiger partial charge in [0.15, 0.2) is 0 Å². The minimum absolute atomic E-state index is 0.163. The van der Waals surface area contributed by atoms with Gasteiger partial charge >= 0.3 is 0 Å². The average molecular weight is 418 g/mol. The number of hydrogen-bond acceptors (Lipinski definition) is 4. The van der Waals surface area contributed by atoms with Gasteiger partial charge in [-0.1, -0.05) is 6.07 Å². The Balaban J connectivity index is 1.56. The maximum atomic E-state index is 13.4. The van der Waals surface area contributed by atoms with Crippen molar-refractivity contribution in [3.8, 4) is 5.75 Å². The Morgan fingerprint density at radius 3 is 2.65 bits per heavy atom. The molecular formula is C23H19FN4O3. The highest BCUT2D eigenvalue weighted by Crippen LogP contribution is 2.28. The first-order valence-corrected chi connectivity index (χ1v) is 9.44. The van der Waals surface area contributed by atoms with Gasteiger partial charge in [-0.15, -0.1) is 0 Å². The molecule has 31 heavy (non-hydrogen) atoms. The molecule has 0 radical (unpaired) electrons. The molecule has 0 aliphatic carbocycles. The van der Waals surface area contributed by atoms with Crippen molar-refractivity contribution in [2.45, 2.75) is 6.92 Å². The highest BCUT2D eigenvalue weighted by molar-refractivity contribution is 6.06. The normalized spacial score (nSPS) is 10.7. The number of nitrogens with zero attached hydrogens (tertiary/aromatic N) is 2. The fraction of sp³-hybridized carbons (Fsp3) is 0.0870. The average Bonchev–Trinajstić information content (AvgIpc) is 3.17. The van der Waals surface area contributed by atoms with Crippen LogP contribution in [-0.4, -0.2) is 28.3 Å². The molecule has 2 aromatic carbocycles. The molecule has 4 rings (SSSR count). The number of carbonyl (C=O) groups is 2. The Hall–Kier alpha value is -4.20. The van der Waals surface area contributed by atoms with Crippen molar-refractivity contribution < 1.29 is 18.7 Å². The number of aromatic nitrogens is 2. The molecule has 0 spiro atoms. The predicted octanol–water partition coefficient (Wildman–Crippen LogP) is 4.30. The number of imidazole rings is 1. The third-order valence-electron chi connectivity index (χ3n) is 4.64. The van der Waals surface area contributed by atoms with Crippen LogP contribution in [0.3, 0.4) is 0 Å². The minimum atomic E-state index is -0.511. The van der Waals surface area contributed by atoms with Crippen LogP contribution in [-0.2, 0) is 0 Å². The van der Waals surface area contributed by atoms with E-state index in [0.29, 0.717) is 22.8 Å². The number of pyridine rings is 1. The number of rotatable bonds is 5. The van der Waals surface area contributed by atoms with Crippen LogP contribution in [0.4, 0.5) is 15.8 Å². The molecule has 0 fully saturated rings. The fourth-order valence-electron chi connectivity index (χ4n) is 3.10. The van der Waals surface area contributed by atoms with E-state index in [-0.39, 0.29) is 11.3 Å². The van der Waals surface area contributed by atoms with Crippen LogP contribution in [0.15, 0.2) is 67.0 Å². The fourth-order valence-corrected chi connectivity index (χ4v) is 3.10. The van der Waals surface area contributed by atoms with Crippen LogP contribution in [0.25, 0.3) is 5.65 Å². The van der Waals surface area contributed by atoms with Gasteiger partial charge in [0.05, 0.1) is 12.8 Å². The first-order valence-electron chi connectivity index (χ1n) is 9.44. The van der Waals surface area contributed by atoms with Gasteiger partial charge in [0.1, 0.15) is 22.9 Å². The minimum Gasteiger partial charge on any atom is -0.495 e. The van der Waals surface area contributed by atoms with Crippen LogP contribution < -0.4 is 15.4 Å². The van der Waals surface area contributed by atoms with E-state index in [0.717, 1.165) is 11.6 Å². The summed E-state index contributed by atoms with van der Waals surface area (Å²) in [5, 5.41) is 5.45. The topological polar surface area (TPSA) is 84.7 Å². The van der Waals surface area contributed by atoms with Crippen molar-refractivity contribution >= 4 is 28.8 Å². The zero-order valence-electron chi connectivity index (χ0n) is 16.8. The largest absolute Gasteiger partial charge is 0.495 e. The maximum absolute atomic E-state index is 13.4. The van der Waals surface area contributed by atoms with Crippen LogP contribution >= 0.6 is 0 Å². The Morgan fingerprint density at radius 1 is 1.03 bits per heavy atom. The summed E-state index contributed by atoms with van der Waals surface area (Å²) in [7, 11) is 1.46. The summed E-state index contributed by atoms with van der Waals surface area (Å²) in [6.45, 7) is 1.95. The van der Waals surface area contributed by atoms with E-state index in [9.17, 15) is 14.0 Å². The van der Waals surface area contributed by atoms with Gasteiger partial charge in [-0.2, -0.15) is 0 Å². The third-order valence-corrected chi connectivity index (χ3v) is 4.64. The van der Waals surface area contributed by atoms with Crippen LogP contribution in [0.5, 0.6) is 5.75 Å². The van der Waals surface area contributed by atoms with Crippen LogP contribution in [0, 0.1) is 12.7 Å². The molecule has 2 N–H and O–H groups in total. The van der Waals surface area contributed by atoms with Crippen molar-refractivity contribution in [2.75, 3.05) is 17.7 Å². The van der Waals surface area contributed by atoms with E-state index < -0.39 is 17.6 Å². The molecular weight excluding hydrogens is 399 g/mol. The monoisotopic (exact) mass is 418 g/mol. The second-order valence-electron chi connectivity index (χ2n) is 6.93. The molecule has 2 amide bonds. The molecule has 0 atom stereocenters. The Kier molecular flexibility index (Phi) is 5.36. The number of anilines is 2. The number of halogens is 1. The first kappa shape index (κ1) is 20.1. The van der Waals surface area contributed by atoms with E-state index in [1.54, 1.807) is 28.8 Å². The van der Waals surface area contributed by atoms with Gasteiger partial charge in [-0.25, -0.2) is 9.37 Å². The number of nitrogens with one attached hydrogen (secondary N) is 2. The van der Waals surface area contributed by atoms with Gasteiger partial charge in [0.2, 0.25) is 0 Å². The summed E-state index contributed by atoms with van der Waals surface area (Å²) in [6.07, 6.45) is 3.47. The summed E-state index contributed by atoms with van der Waals surface area (Å²) >= 11 is 0. The lowest BCUT2D eigenvalue weighted by molar-refractivity contribution is 0.101. The molecule has 156 valence electrons. The number of methoxy groups -OCH3 is 1. The molecule has 7 nitrogen and oxygen atoms in total. The number of fused-ring (bicyclic) bond motifs is 1. The Morgan fingerprint density at radius 2 is 1.87 bits per heavy atom. The van der Waals surface area contributed by atoms with Gasteiger partial charge in [0.25, 0.3) is 11.8 Å². The highest BCUT2D eigenvalue weighted by Gasteiger charge is 2.15. The van der Waals surface area contributed by atoms with E-state index in [2.05, 4.69) is 15.6 Å². The molecule has 0 bridgehead atoms. The molecule has 0 saturated heterocycles. The number of aryl methyl sites for hydroxylation is 1. The molecule has 0 unspecified atom stereocenters. The number of carbonyl (C=O) groups excluding carboxylic acids is 2. The lowest BCUT2D eigenvalue weighted by Crippen LogP contribution is -2.15. The van der Waals surface area contributed by atoms with E-state index in [1.165, 1.54) is 25.3 Å². The summed E-state index contributed by atoms with van der Waals surface area (Å²) in [6, 6.07) is 14.0. The number of hydrogen-bond donors (Lipinski definition) is 2. The second-order valence-corrected chi connectivity index (χ2v) is 6.93. The van der Waals surface area contributed by atoms with Gasteiger partial charge in [-0.05, 0) is 61.0 Å². The second kappa shape index (κ2) is 8.27. The summed E-state index contributed by atoms with van der Waals surface area (Å²) in [4.78, 5) is 29.5. The number of amides is 2. The lowest BCUT2D eigenvalue weighted by atomic mass is 10.2. The highest BCUT2D eigenvalue weighted by atomic mass is 19.1. The summed E-state index contributed by atoms with van der Waals surface area (Å²) in [5.41, 5.74) is 2.90. The molecule has 8 heteroatoms. The standard InChI is InChI=1S/C23H19FN4O3/c1-14-8-9-28-13-19(26-21(28)10-14)23(30)25-17-6-7-20(31-2)18(12-17)27-22(29)15-4-3-5-16(24)11-15/h3-13H,1-2H3,(H,25,30)(H,27,29). The molecule has 0 aliphatic heterocycles. The molecule has 4 aromatic rings. The lowest BCUT2D eigenvalue weighted by Gasteiger charge is -2.12. The van der Waals surface area contributed by atoms with Gasteiger partial charge < -0.3 is 19.8 Å². The van der Waals surface area contributed by atoms with Crippen molar-refractivity contribution in [3.05, 3.63) is 89.6 Å². The summed E-state index contributed by atoms with van der Waals surface area (Å²) in [5.74, 6) is -1.01. The van der Waals surface area contributed by atoms with E-state index >= 15 is 0 Å². The van der Waals surface area contributed by atoms with Crippen molar-refractivity contribution in [1.29, 1.82) is 0 Å². The molecule has 0 aliphatic rings. The molecule has 2 heterocycles. The summed E-state index contributed by atoms with van der Waals surface area (Å²) < 4.78 is 20.5. The Labute approximate surface area is 177 Å². The van der Waals surface area contributed by atoms with Crippen LogP contribution in [0.2, 0.25) is 0 Å².